The first kappa shape index (κ1) is 19.7. The molecule has 9 heteroatoms. The lowest BCUT2D eigenvalue weighted by Crippen LogP contribution is -2.17. The molecule has 152 valence electrons. The molecular formula is C21H19N5O3S. The van der Waals surface area contributed by atoms with Crippen LogP contribution < -0.4 is 5.32 Å². The Hall–Kier alpha value is -3.59. The Morgan fingerprint density at radius 2 is 1.70 bits per heavy atom. The average Bonchev–Trinajstić information content (AvgIpc) is 3.14. The highest BCUT2D eigenvalue weighted by atomic mass is 32.2. The van der Waals surface area contributed by atoms with E-state index >= 15 is 0 Å². The highest BCUT2D eigenvalue weighted by Crippen LogP contribution is 2.20. The van der Waals surface area contributed by atoms with Gasteiger partial charge in [-0.2, -0.15) is 9.61 Å². The molecule has 0 saturated carbocycles. The van der Waals surface area contributed by atoms with Gasteiger partial charge in [0.2, 0.25) is 5.91 Å². The van der Waals surface area contributed by atoms with Crippen LogP contribution in [0.25, 0.3) is 16.9 Å². The maximum absolute atomic E-state index is 12.3. The molecule has 0 aliphatic carbocycles. The smallest absolute Gasteiger partial charge is 0.225 e. The fourth-order valence-corrected chi connectivity index (χ4v) is 4.23. The van der Waals surface area contributed by atoms with E-state index in [-0.39, 0.29) is 23.0 Å². The fourth-order valence-electron chi connectivity index (χ4n) is 2.97. The third-order valence-electron chi connectivity index (χ3n) is 4.58. The van der Waals surface area contributed by atoms with E-state index in [2.05, 4.69) is 20.6 Å². The number of aryl methyl sites for hydroxylation is 1. The summed E-state index contributed by atoms with van der Waals surface area (Å²) in [7, 11) is -3.49. The molecule has 0 aliphatic rings. The van der Waals surface area contributed by atoms with Gasteiger partial charge in [-0.1, -0.05) is 30.3 Å². The predicted molar refractivity (Wildman–Crippen MR) is 113 cm³/mol. The molecule has 2 heterocycles. The Bertz CT molecular complexity index is 1300. The van der Waals surface area contributed by atoms with Crippen molar-refractivity contribution in [3.05, 3.63) is 72.6 Å². The predicted octanol–water partition coefficient (Wildman–Crippen LogP) is 2.90. The summed E-state index contributed by atoms with van der Waals surface area (Å²) >= 11 is 0. The first-order valence-corrected chi connectivity index (χ1v) is 10.9. The number of nitrogens with one attached hydrogen (secondary N) is 1. The summed E-state index contributed by atoms with van der Waals surface area (Å²) in [4.78, 5) is 12.4. The average molecular weight is 421 g/mol. The first-order valence-electron chi connectivity index (χ1n) is 9.29. The van der Waals surface area contributed by atoms with Gasteiger partial charge in [-0.3, -0.25) is 4.79 Å². The number of rotatable bonds is 6. The van der Waals surface area contributed by atoms with Crippen LogP contribution in [0.2, 0.25) is 0 Å². The maximum Gasteiger partial charge on any atom is 0.225 e. The lowest BCUT2D eigenvalue weighted by atomic mass is 10.1. The van der Waals surface area contributed by atoms with Crippen LogP contribution in [0.4, 0.5) is 5.69 Å². The van der Waals surface area contributed by atoms with E-state index in [1.807, 2.05) is 31.2 Å². The standard InChI is InChI=1S/C21H19N5O3S/c1-15-23-24-20-12-11-19(25-26(15)20)16-7-9-17(10-8-16)22-21(27)13-14-30(28,29)18-5-3-2-4-6-18/h2-12H,13-14H2,1H3,(H,22,27). The van der Waals surface area contributed by atoms with Crippen LogP contribution in [0.1, 0.15) is 12.2 Å². The number of fused-ring (bicyclic) bond motifs is 1. The molecule has 0 unspecified atom stereocenters. The van der Waals surface area contributed by atoms with Gasteiger partial charge >= 0.3 is 0 Å². The molecule has 0 radical (unpaired) electrons. The van der Waals surface area contributed by atoms with E-state index in [0.717, 1.165) is 11.3 Å². The second kappa shape index (κ2) is 8.03. The molecular weight excluding hydrogens is 402 g/mol. The molecule has 4 aromatic rings. The molecule has 4 rings (SSSR count). The van der Waals surface area contributed by atoms with Crippen LogP contribution >= 0.6 is 0 Å². The number of carbonyl (C=O) groups excluding carboxylic acids is 1. The number of carbonyl (C=O) groups is 1. The monoisotopic (exact) mass is 421 g/mol. The van der Waals surface area contributed by atoms with Crippen LogP contribution in [-0.2, 0) is 14.6 Å². The third-order valence-corrected chi connectivity index (χ3v) is 6.32. The van der Waals surface area contributed by atoms with Crippen molar-refractivity contribution in [1.29, 1.82) is 0 Å². The lowest BCUT2D eigenvalue weighted by Gasteiger charge is -2.08. The highest BCUT2D eigenvalue weighted by Gasteiger charge is 2.16. The summed E-state index contributed by atoms with van der Waals surface area (Å²) in [5.74, 6) is 0.0893. The molecule has 30 heavy (non-hydrogen) atoms. The molecule has 2 aromatic heterocycles. The summed E-state index contributed by atoms with van der Waals surface area (Å²) in [6.45, 7) is 1.83. The van der Waals surface area contributed by atoms with Crippen LogP contribution in [0, 0.1) is 6.92 Å². The second-order valence-corrected chi connectivity index (χ2v) is 8.85. The quantitative estimate of drug-likeness (QED) is 0.513. The van der Waals surface area contributed by atoms with Crippen molar-refractivity contribution in [2.24, 2.45) is 0 Å². The van der Waals surface area contributed by atoms with Gasteiger partial charge in [0.25, 0.3) is 0 Å². The topological polar surface area (TPSA) is 106 Å². The largest absolute Gasteiger partial charge is 0.326 e. The minimum Gasteiger partial charge on any atom is -0.326 e. The van der Waals surface area contributed by atoms with Gasteiger partial charge in [-0.25, -0.2) is 8.42 Å². The number of nitrogens with zero attached hydrogens (tertiary/aromatic N) is 4. The van der Waals surface area contributed by atoms with Crippen molar-refractivity contribution in [3.8, 4) is 11.3 Å². The van der Waals surface area contributed by atoms with Crippen LogP contribution in [0.15, 0.2) is 71.6 Å². The van der Waals surface area contributed by atoms with Gasteiger partial charge in [0.15, 0.2) is 21.3 Å². The zero-order chi connectivity index (χ0) is 21.1. The van der Waals surface area contributed by atoms with Gasteiger partial charge in [-0.15, -0.1) is 10.2 Å². The van der Waals surface area contributed by atoms with Crippen molar-refractivity contribution in [3.63, 3.8) is 0 Å². The summed E-state index contributed by atoms with van der Waals surface area (Å²) in [6.07, 6.45) is -0.121. The number of amides is 1. The van der Waals surface area contributed by atoms with E-state index in [4.69, 9.17) is 0 Å². The number of hydrogen-bond acceptors (Lipinski definition) is 6. The Morgan fingerprint density at radius 1 is 0.967 bits per heavy atom. The molecule has 0 saturated heterocycles. The molecule has 8 nitrogen and oxygen atoms in total. The molecule has 1 amide bonds. The molecule has 0 aliphatic heterocycles. The summed E-state index contributed by atoms with van der Waals surface area (Å²) < 4.78 is 26.2. The molecule has 2 aromatic carbocycles. The number of sulfone groups is 1. The van der Waals surface area contributed by atoms with E-state index in [1.54, 1.807) is 34.8 Å². The number of anilines is 1. The zero-order valence-electron chi connectivity index (χ0n) is 16.2. The van der Waals surface area contributed by atoms with Crippen LogP contribution in [-0.4, -0.2) is 39.9 Å². The van der Waals surface area contributed by atoms with Gasteiger partial charge < -0.3 is 5.32 Å². The van der Waals surface area contributed by atoms with Gasteiger partial charge in [0.05, 0.1) is 16.3 Å². The number of hydrogen-bond donors (Lipinski definition) is 1. The van der Waals surface area contributed by atoms with Crippen LogP contribution in [0.5, 0.6) is 0 Å². The highest BCUT2D eigenvalue weighted by molar-refractivity contribution is 7.91. The molecule has 0 fully saturated rings. The van der Waals surface area contributed by atoms with E-state index in [0.29, 0.717) is 17.2 Å². The minimum absolute atomic E-state index is 0.121. The summed E-state index contributed by atoms with van der Waals surface area (Å²) in [5.41, 5.74) is 2.87. The van der Waals surface area contributed by atoms with Gasteiger partial charge in [0, 0.05) is 17.7 Å². The van der Waals surface area contributed by atoms with Crippen molar-refractivity contribution >= 4 is 27.1 Å². The van der Waals surface area contributed by atoms with Crippen molar-refractivity contribution in [2.45, 2.75) is 18.2 Å². The Balaban J connectivity index is 1.40. The Morgan fingerprint density at radius 3 is 2.43 bits per heavy atom. The first-order chi connectivity index (χ1) is 14.4. The van der Waals surface area contributed by atoms with E-state index < -0.39 is 9.84 Å². The molecule has 0 bridgehead atoms. The van der Waals surface area contributed by atoms with Gasteiger partial charge in [-0.05, 0) is 43.3 Å². The Kier molecular flexibility index (Phi) is 5.28. The van der Waals surface area contributed by atoms with Gasteiger partial charge in [0.1, 0.15) is 0 Å². The summed E-state index contributed by atoms with van der Waals surface area (Å²) in [6, 6.07) is 19.0. The second-order valence-electron chi connectivity index (χ2n) is 6.74. The van der Waals surface area contributed by atoms with Crippen molar-refractivity contribution in [1.82, 2.24) is 19.8 Å². The number of benzene rings is 2. The SMILES string of the molecule is Cc1nnc2ccc(-c3ccc(NC(=O)CCS(=O)(=O)c4ccccc4)cc3)nn12. The lowest BCUT2D eigenvalue weighted by molar-refractivity contribution is -0.115. The van der Waals surface area contributed by atoms with E-state index in [9.17, 15) is 13.2 Å². The third kappa shape index (κ3) is 4.20. The molecule has 0 spiro atoms. The van der Waals surface area contributed by atoms with Crippen LogP contribution in [0.3, 0.4) is 0 Å². The minimum atomic E-state index is -3.49. The Labute approximate surface area is 173 Å². The van der Waals surface area contributed by atoms with E-state index in [1.165, 1.54) is 12.1 Å². The maximum atomic E-state index is 12.3. The van der Waals surface area contributed by atoms with Crippen molar-refractivity contribution in [2.75, 3.05) is 11.1 Å². The molecule has 1 N–H and O–H groups in total. The van der Waals surface area contributed by atoms with Crippen molar-refractivity contribution < 1.29 is 13.2 Å². The number of aromatic nitrogens is 4. The molecule has 0 atom stereocenters. The fraction of sp³-hybridized carbons (Fsp3) is 0.143. The normalized spacial score (nSPS) is 11.5. The summed E-state index contributed by atoms with van der Waals surface area (Å²) in [5, 5.41) is 15.3. The zero-order valence-corrected chi connectivity index (χ0v) is 17.0.